The van der Waals surface area contributed by atoms with Crippen molar-refractivity contribution in [1.82, 2.24) is 24.8 Å². The fourth-order valence-corrected chi connectivity index (χ4v) is 6.30. The van der Waals surface area contributed by atoms with Crippen molar-refractivity contribution in [3.63, 3.8) is 0 Å². The van der Waals surface area contributed by atoms with Crippen molar-refractivity contribution in [2.45, 2.75) is 26.8 Å². The van der Waals surface area contributed by atoms with Crippen LogP contribution in [0.2, 0.25) is 5.02 Å². The van der Waals surface area contributed by atoms with Gasteiger partial charge in [-0.25, -0.2) is 15.0 Å². The maximum absolute atomic E-state index is 11.4. The Morgan fingerprint density at radius 2 is 1.75 bits per heavy atom. The SMILES string of the molecule is Cc1c(Nc2nccc3nccnc23)cccc1-c1cccc(-c2nc3cc(CN4CCC(C(=O)O)C4)cc(Cl)c3o2)c1C. The van der Waals surface area contributed by atoms with Gasteiger partial charge >= 0.3 is 5.97 Å². The number of benzene rings is 3. The number of carboxylic acid groups (broad SMARTS) is 1. The normalized spacial score (nSPS) is 15.3. The van der Waals surface area contributed by atoms with Gasteiger partial charge in [0.25, 0.3) is 0 Å². The number of anilines is 2. The van der Waals surface area contributed by atoms with Crippen LogP contribution >= 0.6 is 11.6 Å². The molecule has 1 aliphatic rings. The third kappa shape index (κ3) is 5.14. The molecule has 3 aromatic carbocycles. The van der Waals surface area contributed by atoms with E-state index in [1.54, 1.807) is 18.6 Å². The molecule has 1 aliphatic heterocycles. The van der Waals surface area contributed by atoms with E-state index in [4.69, 9.17) is 21.0 Å². The zero-order valence-electron chi connectivity index (χ0n) is 24.2. The minimum Gasteiger partial charge on any atom is -0.481 e. The molecule has 1 atom stereocenters. The van der Waals surface area contributed by atoms with Gasteiger partial charge in [-0.1, -0.05) is 35.9 Å². The molecular formula is C34H29ClN6O3. The van der Waals surface area contributed by atoms with E-state index in [1.807, 2.05) is 42.5 Å². The van der Waals surface area contributed by atoms with E-state index in [0.717, 1.165) is 51.1 Å². The molecule has 4 heterocycles. The van der Waals surface area contributed by atoms with Gasteiger partial charge in [-0.15, -0.1) is 0 Å². The van der Waals surface area contributed by atoms with Crippen LogP contribution in [-0.4, -0.2) is 49.0 Å². The van der Waals surface area contributed by atoms with Crippen LogP contribution < -0.4 is 5.32 Å². The van der Waals surface area contributed by atoms with Gasteiger partial charge in [-0.2, -0.15) is 0 Å². The summed E-state index contributed by atoms with van der Waals surface area (Å²) in [5.41, 5.74) is 9.70. The summed E-state index contributed by atoms with van der Waals surface area (Å²) in [5, 5.41) is 13.3. The molecule has 2 N–H and O–H groups in total. The van der Waals surface area contributed by atoms with Crippen LogP contribution in [0.3, 0.4) is 0 Å². The minimum absolute atomic E-state index is 0.326. The van der Waals surface area contributed by atoms with E-state index in [0.29, 0.717) is 52.9 Å². The highest BCUT2D eigenvalue weighted by atomic mass is 35.5. The molecule has 0 spiro atoms. The minimum atomic E-state index is -0.741. The molecule has 9 nitrogen and oxygen atoms in total. The number of hydrogen-bond donors (Lipinski definition) is 2. The topological polar surface area (TPSA) is 117 Å². The molecule has 0 aliphatic carbocycles. The fraction of sp³-hybridized carbons (Fsp3) is 0.206. The van der Waals surface area contributed by atoms with Crippen LogP contribution in [0.15, 0.2) is 77.6 Å². The fourth-order valence-electron chi connectivity index (χ4n) is 6.03. The summed E-state index contributed by atoms with van der Waals surface area (Å²) in [5.74, 6) is 0.0773. The van der Waals surface area contributed by atoms with Crippen molar-refractivity contribution in [2.75, 3.05) is 18.4 Å². The van der Waals surface area contributed by atoms with Gasteiger partial charge in [0, 0.05) is 42.9 Å². The van der Waals surface area contributed by atoms with Gasteiger partial charge in [0.15, 0.2) is 11.4 Å². The van der Waals surface area contributed by atoms with Gasteiger partial charge in [0.05, 0.1) is 16.5 Å². The van der Waals surface area contributed by atoms with Crippen molar-refractivity contribution in [2.24, 2.45) is 5.92 Å². The standard InChI is InChI=1S/C34H29ClN6O3/c1-19-23(24-6-4-8-27(20(24)2)39-32-30-28(9-11-38-32)36-12-13-37-30)5-3-7-25(19)33-40-29-16-21(15-26(35)31(29)44-33)17-41-14-10-22(18-41)34(42)43/h3-9,11-13,15-16,22H,10,14,17-18H2,1-2H3,(H,38,39)(H,42,43). The predicted octanol–water partition coefficient (Wildman–Crippen LogP) is 7.42. The number of oxazole rings is 1. The molecule has 1 saturated heterocycles. The average molecular weight is 605 g/mol. The van der Waals surface area contributed by atoms with E-state index in [9.17, 15) is 9.90 Å². The summed E-state index contributed by atoms with van der Waals surface area (Å²) in [6, 6.07) is 18.0. The zero-order valence-corrected chi connectivity index (χ0v) is 25.0. The summed E-state index contributed by atoms with van der Waals surface area (Å²) in [7, 11) is 0. The van der Waals surface area contributed by atoms with E-state index in [-0.39, 0.29) is 5.92 Å². The monoisotopic (exact) mass is 604 g/mol. The van der Waals surface area contributed by atoms with Gasteiger partial charge in [-0.3, -0.25) is 14.7 Å². The molecule has 220 valence electrons. The number of hydrogen-bond acceptors (Lipinski definition) is 8. The van der Waals surface area contributed by atoms with Crippen molar-refractivity contribution in [3.8, 4) is 22.6 Å². The molecule has 3 aromatic heterocycles. The molecule has 44 heavy (non-hydrogen) atoms. The number of aromatic nitrogens is 4. The van der Waals surface area contributed by atoms with E-state index < -0.39 is 5.97 Å². The summed E-state index contributed by atoms with van der Waals surface area (Å²) in [4.78, 5) is 31.7. The molecule has 0 amide bonds. The predicted molar refractivity (Wildman–Crippen MR) is 171 cm³/mol. The van der Waals surface area contributed by atoms with E-state index in [2.05, 4.69) is 51.1 Å². The number of carboxylic acids is 1. The second kappa shape index (κ2) is 11.3. The average Bonchev–Trinajstić information content (AvgIpc) is 3.67. The number of fused-ring (bicyclic) bond motifs is 2. The molecule has 10 heteroatoms. The van der Waals surface area contributed by atoms with E-state index in [1.165, 1.54) is 0 Å². The Balaban J connectivity index is 1.20. The molecule has 6 aromatic rings. The number of rotatable bonds is 7. The van der Waals surface area contributed by atoms with Crippen molar-refractivity contribution >= 4 is 51.2 Å². The number of aliphatic carboxylic acids is 1. The van der Waals surface area contributed by atoms with Crippen LogP contribution in [0, 0.1) is 19.8 Å². The Morgan fingerprint density at radius 3 is 2.57 bits per heavy atom. The van der Waals surface area contributed by atoms with Crippen molar-refractivity contribution in [3.05, 3.63) is 94.9 Å². The number of nitrogens with zero attached hydrogens (tertiary/aromatic N) is 5. The molecule has 0 radical (unpaired) electrons. The van der Waals surface area contributed by atoms with Gasteiger partial charge in [0.1, 0.15) is 11.0 Å². The Bertz CT molecular complexity index is 2050. The molecular weight excluding hydrogens is 576 g/mol. The molecule has 0 saturated carbocycles. The van der Waals surface area contributed by atoms with E-state index >= 15 is 0 Å². The van der Waals surface area contributed by atoms with Crippen LogP contribution in [0.1, 0.15) is 23.1 Å². The summed E-state index contributed by atoms with van der Waals surface area (Å²) in [6.07, 6.45) is 5.71. The largest absolute Gasteiger partial charge is 0.481 e. The van der Waals surface area contributed by atoms with Crippen molar-refractivity contribution < 1.29 is 14.3 Å². The van der Waals surface area contributed by atoms with Crippen LogP contribution in [0.5, 0.6) is 0 Å². The Morgan fingerprint density at radius 1 is 0.977 bits per heavy atom. The second-order valence-electron chi connectivity index (χ2n) is 11.2. The third-order valence-electron chi connectivity index (χ3n) is 8.36. The highest BCUT2D eigenvalue weighted by molar-refractivity contribution is 6.34. The number of nitrogens with one attached hydrogen (secondary N) is 1. The molecule has 1 unspecified atom stereocenters. The number of halogens is 1. The van der Waals surface area contributed by atoms with Gasteiger partial charge in [-0.05, 0) is 85.0 Å². The Kier molecular flexibility index (Phi) is 7.20. The summed E-state index contributed by atoms with van der Waals surface area (Å²) in [6.45, 7) is 6.04. The number of carbonyl (C=O) groups is 1. The first-order valence-electron chi connectivity index (χ1n) is 14.4. The smallest absolute Gasteiger partial charge is 0.307 e. The lowest BCUT2D eigenvalue weighted by molar-refractivity contribution is -0.141. The molecule has 7 rings (SSSR count). The highest BCUT2D eigenvalue weighted by Crippen LogP contribution is 2.38. The summed E-state index contributed by atoms with van der Waals surface area (Å²) < 4.78 is 6.24. The first-order valence-corrected chi connectivity index (χ1v) is 14.8. The maximum Gasteiger partial charge on any atom is 0.307 e. The molecule has 0 bridgehead atoms. The Labute approximate surface area is 258 Å². The molecule has 1 fully saturated rings. The van der Waals surface area contributed by atoms with Crippen molar-refractivity contribution in [1.29, 1.82) is 0 Å². The third-order valence-corrected chi connectivity index (χ3v) is 8.64. The van der Waals surface area contributed by atoms with Crippen LogP contribution in [0.4, 0.5) is 11.5 Å². The quantitative estimate of drug-likeness (QED) is 0.192. The Hall–Kier alpha value is -4.86. The van der Waals surface area contributed by atoms with Gasteiger partial charge in [0.2, 0.25) is 5.89 Å². The maximum atomic E-state index is 11.4. The zero-order chi connectivity index (χ0) is 30.4. The summed E-state index contributed by atoms with van der Waals surface area (Å²) >= 11 is 6.67. The number of likely N-dealkylation sites (tertiary alicyclic amines) is 1. The highest BCUT2D eigenvalue weighted by Gasteiger charge is 2.28. The van der Waals surface area contributed by atoms with Gasteiger partial charge < -0.3 is 14.8 Å². The first-order chi connectivity index (χ1) is 21.4. The lowest BCUT2D eigenvalue weighted by Gasteiger charge is -2.16. The van der Waals surface area contributed by atoms with Crippen LogP contribution in [-0.2, 0) is 11.3 Å². The lowest BCUT2D eigenvalue weighted by Crippen LogP contribution is -2.22. The number of pyridine rings is 1. The second-order valence-corrected chi connectivity index (χ2v) is 11.6. The van der Waals surface area contributed by atoms with Crippen LogP contribution in [0.25, 0.3) is 44.7 Å². The first kappa shape index (κ1) is 27.9. The lowest BCUT2D eigenvalue weighted by atomic mass is 9.93.